The third-order valence-corrected chi connectivity index (χ3v) is 3.94. The van der Waals surface area contributed by atoms with Crippen LogP contribution in [0.15, 0.2) is 48.7 Å². The number of hydrogen-bond acceptors (Lipinski definition) is 4. The number of methoxy groups -OCH3 is 1. The van der Waals surface area contributed by atoms with E-state index in [1.807, 2.05) is 54.1 Å². The van der Waals surface area contributed by atoms with Crippen LogP contribution in [-0.2, 0) is 6.54 Å². The summed E-state index contributed by atoms with van der Waals surface area (Å²) in [6.07, 6.45) is 1.79. The molecule has 0 bridgehead atoms. The summed E-state index contributed by atoms with van der Waals surface area (Å²) in [4.78, 5) is 9.17. The number of pyridine rings is 2. The van der Waals surface area contributed by atoms with E-state index in [1.54, 1.807) is 13.3 Å². The number of aromatic nitrogens is 4. The molecular formula is C18H16N4O. The Kier molecular flexibility index (Phi) is 3.19. The molecule has 0 atom stereocenters. The Labute approximate surface area is 133 Å². The maximum absolute atomic E-state index is 5.68. The van der Waals surface area contributed by atoms with Gasteiger partial charge in [-0.3, -0.25) is 4.98 Å². The molecule has 23 heavy (non-hydrogen) atoms. The SMILES string of the molecule is COc1c2ccccc2nc2c1c(C)nn2Cc1ccccn1. The molecule has 0 unspecified atom stereocenters. The first kappa shape index (κ1) is 13.7. The number of fused-ring (bicyclic) bond motifs is 2. The molecule has 0 amide bonds. The molecule has 0 aliphatic rings. The lowest BCUT2D eigenvalue weighted by molar-refractivity contribution is 0.424. The first-order valence-corrected chi connectivity index (χ1v) is 7.47. The number of para-hydroxylation sites is 1. The highest BCUT2D eigenvalue weighted by Crippen LogP contribution is 2.34. The zero-order valence-corrected chi connectivity index (χ0v) is 13.0. The van der Waals surface area contributed by atoms with Crippen molar-refractivity contribution < 1.29 is 4.74 Å². The van der Waals surface area contributed by atoms with Gasteiger partial charge < -0.3 is 4.74 Å². The summed E-state index contributed by atoms with van der Waals surface area (Å²) in [5.41, 5.74) is 3.58. The second-order valence-electron chi connectivity index (χ2n) is 5.42. The minimum atomic E-state index is 0.583. The standard InChI is InChI=1S/C18H16N4O/c1-12-16-17(23-2)14-8-3-4-9-15(14)20-18(16)22(21-12)11-13-7-5-6-10-19-13/h3-10H,11H2,1-2H3. The molecule has 1 aromatic carbocycles. The molecule has 0 N–H and O–H groups in total. The average molecular weight is 304 g/mol. The molecular weight excluding hydrogens is 288 g/mol. The zero-order valence-electron chi connectivity index (χ0n) is 13.0. The van der Waals surface area contributed by atoms with Gasteiger partial charge >= 0.3 is 0 Å². The zero-order chi connectivity index (χ0) is 15.8. The predicted molar refractivity (Wildman–Crippen MR) is 89.7 cm³/mol. The number of hydrogen-bond donors (Lipinski definition) is 0. The van der Waals surface area contributed by atoms with E-state index in [0.29, 0.717) is 6.54 Å². The highest BCUT2D eigenvalue weighted by molar-refractivity contribution is 6.01. The van der Waals surface area contributed by atoms with Crippen molar-refractivity contribution in [2.24, 2.45) is 0 Å². The molecule has 0 saturated heterocycles. The second-order valence-corrected chi connectivity index (χ2v) is 5.42. The van der Waals surface area contributed by atoms with Gasteiger partial charge in [-0.2, -0.15) is 5.10 Å². The van der Waals surface area contributed by atoms with E-state index >= 15 is 0 Å². The molecule has 5 nitrogen and oxygen atoms in total. The van der Waals surface area contributed by atoms with Gasteiger partial charge in [0.15, 0.2) is 5.65 Å². The number of ether oxygens (including phenoxy) is 1. The van der Waals surface area contributed by atoms with Crippen molar-refractivity contribution in [1.29, 1.82) is 0 Å². The summed E-state index contributed by atoms with van der Waals surface area (Å²) < 4.78 is 7.57. The molecule has 5 heteroatoms. The average Bonchev–Trinajstić information content (AvgIpc) is 2.89. The molecule has 3 heterocycles. The van der Waals surface area contributed by atoms with Gasteiger partial charge in [0.25, 0.3) is 0 Å². The number of rotatable bonds is 3. The van der Waals surface area contributed by atoms with Crippen LogP contribution < -0.4 is 4.74 Å². The van der Waals surface area contributed by atoms with Crippen LogP contribution in [0.3, 0.4) is 0 Å². The van der Waals surface area contributed by atoms with E-state index in [2.05, 4.69) is 10.1 Å². The molecule has 114 valence electrons. The van der Waals surface area contributed by atoms with E-state index in [0.717, 1.165) is 39.1 Å². The Morgan fingerprint density at radius 1 is 1.09 bits per heavy atom. The molecule has 0 radical (unpaired) electrons. The molecule has 0 aliphatic heterocycles. The minimum absolute atomic E-state index is 0.583. The third-order valence-electron chi connectivity index (χ3n) is 3.94. The van der Waals surface area contributed by atoms with Gasteiger partial charge in [-0.25, -0.2) is 9.67 Å². The molecule has 0 saturated carbocycles. The van der Waals surface area contributed by atoms with Gasteiger partial charge in [0.1, 0.15) is 5.75 Å². The van der Waals surface area contributed by atoms with Gasteiger partial charge in [0.2, 0.25) is 0 Å². The lowest BCUT2D eigenvalue weighted by Gasteiger charge is -2.08. The number of aryl methyl sites for hydroxylation is 1. The Balaban J connectivity index is 1.98. The van der Waals surface area contributed by atoms with E-state index in [-0.39, 0.29) is 0 Å². The predicted octanol–water partition coefficient (Wildman–Crippen LogP) is 3.34. The molecule has 4 rings (SSSR count). The second kappa shape index (κ2) is 5.35. The fourth-order valence-electron chi connectivity index (χ4n) is 2.93. The van der Waals surface area contributed by atoms with Crippen LogP contribution in [0.5, 0.6) is 5.75 Å². The molecule has 0 fully saturated rings. The van der Waals surface area contributed by atoms with Gasteiger partial charge in [0, 0.05) is 11.6 Å². The van der Waals surface area contributed by atoms with E-state index in [4.69, 9.17) is 9.72 Å². The van der Waals surface area contributed by atoms with E-state index < -0.39 is 0 Å². The van der Waals surface area contributed by atoms with Gasteiger partial charge in [-0.05, 0) is 31.2 Å². The fourth-order valence-corrected chi connectivity index (χ4v) is 2.93. The van der Waals surface area contributed by atoms with Crippen molar-refractivity contribution in [3.05, 3.63) is 60.0 Å². The highest BCUT2D eigenvalue weighted by atomic mass is 16.5. The van der Waals surface area contributed by atoms with Crippen LogP contribution in [0.2, 0.25) is 0 Å². The topological polar surface area (TPSA) is 52.8 Å². The lowest BCUT2D eigenvalue weighted by atomic mass is 10.1. The highest BCUT2D eigenvalue weighted by Gasteiger charge is 2.17. The van der Waals surface area contributed by atoms with Crippen LogP contribution in [0.1, 0.15) is 11.4 Å². The number of benzene rings is 1. The summed E-state index contributed by atoms with van der Waals surface area (Å²) in [5, 5.41) is 6.61. The molecule has 4 aromatic rings. The van der Waals surface area contributed by atoms with Crippen molar-refractivity contribution in [1.82, 2.24) is 19.7 Å². The summed E-state index contributed by atoms with van der Waals surface area (Å²) in [6.45, 7) is 2.57. The summed E-state index contributed by atoms with van der Waals surface area (Å²) in [6, 6.07) is 13.9. The van der Waals surface area contributed by atoms with Crippen LogP contribution in [0, 0.1) is 6.92 Å². The normalized spacial score (nSPS) is 11.2. The molecule has 0 aliphatic carbocycles. The van der Waals surface area contributed by atoms with Gasteiger partial charge in [-0.1, -0.05) is 18.2 Å². The van der Waals surface area contributed by atoms with Crippen molar-refractivity contribution in [2.75, 3.05) is 7.11 Å². The van der Waals surface area contributed by atoms with Crippen LogP contribution in [0.4, 0.5) is 0 Å². The first-order valence-electron chi connectivity index (χ1n) is 7.47. The summed E-state index contributed by atoms with van der Waals surface area (Å²) in [7, 11) is 1.69. The quantitative estimate of drug-likeness (QED) is 0.582. The number of nitrogens with zero attached hydrogens (tertiary/aromatic N) is 4. The van der Waals surface area contributed by atoms with Crippen molar-refractivity contribution in [2.45, 2.75) is 13.5 Å². The Hall–Kier alpha value is -2.95. The largest absolute Gasteiger partial charge is 0.495 e. The van der Waals surface area contributed by atoms with Crippen LogP contribution in [0.25, 0.3) is 21.9 Å². The Bertz CT molecular complexity index is 992. The van der Waals surface area contributed by atoms with E-state index in [1.165, 1.54) is 0 Å². The fraction of sp³-hybridized carbons (Fsp3) is 0.167. The molecule has 3 aromatic heterocycles. The third kappa shape index (κ3) is 2.21. The van der Waals surface area contributed by atoms with Crippen LogP contribution >= 0.6 is 0 Å². The smallest absolute Gasteiger partial charge is 0.162 e. The van der Waals surface area contributed by atoms with Crippen LogP contribution in [-0.4, -0.2) is 26.9 Å². The van der Waals surface area contributed by atoms with Crippen molar-refractivity contribution in [3.8, 4) is 5.75 Å². The Morgan fingerprint density at radius 2 is 1.91 bits per heavy atom. The van der Waals surface area contributed by atoms with Crippen molar-refractivity contribution >= 4 is 21.9 Å². The first-order chi connectivity index (χ1) is 11.3. The summed E-state index contributed by atoms with van der Waals surface area (Å²) in [5.74, 6) is 0.829. The summed E-state index contributed by atoms with van der Waals surface area (Å²) >= 11 is 0. The maximum Gasteiger partial charge on any atom is 0.162 e. The van der Waals surface area contributed by atoms with E-state index in [9.17, 15) is 0 Å². The van der Waals surface area contributed by atoms with Crippen molar-refractivity contribution in [3.63, 3.8) is 0 Å². The maximum atomic E-state index is 5.68. The minimum Gasteiger partial charge on any atom is -0.495 e. The van der Waals surface area contributed by atoms with Gasteiger partial charge in [0.05, 0.1) is 35.9 Å². The lowest BCUT2D eigenvalue weighted by Crippen LogP contribution is -2.04. The monoisotopic (exact) mass is 304 g/mol. The van der Waals surface area contributed by atoms with Gasteiger partial charge in [-0.15, -0.1) is 0 Å². The Morgan fingerprint density at radius 3 is 2.70 bits per heavy atom. The molecule has 0 spiro atoms.